The Morgan fingerprint density at radius 3 is 2.54 bits per heavy atom. The lowest BCUT2D eigenvalue weighted by Gasteiger charge is -2.23. The highest BCUT2D eigenvalue weighted by atomic mass is 15.1. The highest BCUT2D eigenvalue weighted by Gasteiger charge is 2.08. The van der Waals surface area contributed by atoms with Crippen LogP contribution >= 0.6 is 0 Å². The van der Waals surface area contributed by atoms with Crippen molar-refractivity contribution in [1.82, 2.24) is 4.90 Å². The molecular formula is C12H17N. The van der Waals surface area contributed by atoms with Crippen molar-refractivity contribution in [3.8, 4) is 0 Å². The Bertz CT molecular complexity index is 253. The van der Waals surface area contributed by atoms with Crippen LogP contribution in [0.25, 0.3) is 0 Å². The standard InChI is InChI=1S/C12H17N/c1-4-10-13(3)11(2)12-8-6-5-7-9-12/h4-9,11H,1,10H2,2-3H3/t11-/m0/s1. The van der Waals surface area contributed by atoms with Gasteiger partial charge in [0.1, 0.15) is 0 Å². The average Bonchev–Trinajstić information content (AvgIpc) is 2.18. The van der Waals surface area contributed by atoms with E-state index in [1.54, 1.807) is 0 Å². The van der Waals surface area contributed by atoms with Crippen LogP contribution in [0.3, 0.4) is 0 Å². The van der Waals surface area contributed by atoms with Crippen LogP contribution < -0.4 is 0 Å². The molecule has 1 atom stereocenters. The molecule has 0 aliphatic heterocycles. The number of hydrogen-bond donors (Lipinski definition) is 0. The second-order valence-corrected chi connectivity index (χ2v) is 3.31. The summed E-state index contributed by atoms with van der Waals surface area (Å²) in [6.07, 6.45) is 1.93. The van der Waals surface area contributed by atoms with E-state index in [4.69, 9.17) is 0 Å². The maximum atomic E-state index is 3.74. The fourth-order valence-corrected chi connectivity index (χ4v) is 1.35. The summed E-state index contributed by atoms with van der Waals surface area (Å²) in [6, 6.07) is 11.0. The summed E-state index contributed by atoms with van der Waals surface area (Å²) in [4.78, 5) is 2.27. The summed E-state index contributed by atoms with van der Waals surface area (Å²) in [5.41, 5.74) is 1.35. The van der Waals surface area contributed by atoms with Crippen LogP contribution in [0.4, 0.5) is 0 Å². The molecule has 0 fully saturated rings. The summed E-state index contributed by atoms with van der Waals surface area (Å²) >= 11 is 0. The first-order valence-corrected chi connectivity index (χ1v) is 4.61. The molecule has 0 aliphatic carbocycles. The van der Waals surface area contributed by atoms with Crippen molar-refractivity contribution in [2.24, 2.45) is 0 Å². The minimum Gasteiger partial charge on any atom is -0.296 e. The summed E-state index contributed by atoms with van der Waals surface area (Å²) in [7, 11) is 2.11. The quantitative estimate of drug-likeness (QED) is 0.636. The molecule has 1 rings (SSSR count). The fraction of sp³-hybridized carbons (Fsp3) is 0.333. The van der Waals surface area contributed by atoms with Gasteiger partial charge in [0, 0.05) is 12.6 Å². The van der Waals surface area contributed by atoms with Crippen LogP contribution in [-0.2, 0) is 0 Å². The third-order valence-corrected chi connectivity index (χ3v) is 2.36. The molecule has 0 heterocycles. The molecule has 0 saturated heterocycles. The van der Waals surface area contributed by atoms with Crippen molar-refractivity contribution in [1.29, 1.82) is 0 Å². The van der Waals surface area contributed by atoms with Crippen molar-refractivity contribution >= 4 is 0 Å². The van der Waals surface area contributed by atoms with Crippen LogP contribution in [0.2, 0.25) is 0 Å². The van der Waals surface area contributed by atoms with Crippen LogP contribution in [0.1, 0.15) is 18.5 Å². The average molecular weight is 175 g/mol. The van der Waals surface area contributed by atoms with E-state index in [-0.39, 0.29) is 0 Å². The van der Waals surface area contributed by atoms with Crippen molar-refractivity contribution in [2.45, 2.75) is 13.0 Å². The highest BCUT2D eigenvalue weighted by molar-refractivity contribution is 5.18. The first kappa shape index (κ1) is 10.0. The Kier molecular flexibility index (Phi) is 3.71. The molecule has 0 N–H and O–H groups in total. The molecule has 0 aliphatic rings. The molecule has 0 unspecified atom stereocenters. The van der Waals surface area contributed by atoms with Gasteiger partial charge in [-0.3, -0.25) is 4.90 Å². The Morgan fingerprint density at radius 2 is 2.00 bits per heavy atom. The van der Waals surface area contributed by atoms with Crippen molar-refractivity contribution < 1.29 is 0 Å². The zero-order valence-electron chi connectivity index (χ0n) is 8.40. The Hall–Kier alpha value is -1.08. The van der Waals surface area contributed by atoms with Gasteiger partial charge < -0.3 is 0 Å². The van der Waals surface area contributed by atoms with E-state index in [1.807, 2.05) is 12.1 Å². The number of hydrogen-bond acceptors (Lipinski definition) is 1. The lowest BCUT2D eigenvalue weighted by Crippen LogP contribution is -2.22. The van der Waals surface area contributed by atoms with E-state index in [1.165, 1.54) is 5.56 Å². The summed E-state index contributed by atoms with van der Waals surface area (Å²) in [5.74, 6) is 0. The lowest BCUT2D eigenvalue weighted by molar-refractivity contribution is 0.290. The summed E-state index contributed by atoms with van der Waals surface area (Å²) < 4.78 is 0. The van der Waals surface area contributed by atoms with Gasteiger partial charge >= 0.3 is 0 Å². The van der Waals surface area contributed by atoms with Crippen LogP contribution in [0.5, 0.6) is 0 Å². The maximum Gasteiger partial charge on any atom is 0.0320 e. The molecule has 70 valence electrons. The van der Waals surface area contributed by atoms with E-state index in [2.05, 4.69) is 49.7 Å². The number of nitrogens with zero attached hydrogens (tertiary/aromatic N) is 1. The van der Waals surface area contributed by atoms with Crippen LogP contribution in [-0.4, -0.2) is 18.5 Å². The molecule has 0 spiro atoms. The first-order valence-electron chi connectivity index (χ1n) is 4.61. The minimum absolute atomic E-state index is 0.458. The predicted octanol–water partition coefficient (Wildman–Crippen LogP) is 2.87. The van der Waals surface area contributed by atoms with Gasteiger partial charge in [-0.2, -0.15) is 0 Å². The first-order chi connectivity index (χ1) is 6.25. The Labute approximate surface area is 80.7 Å². The molecule has 0 bridgehead atoms. The minimum atomic E-state index is 0.458. The molecule has 1 aromatic rings. The zero-order valence-corrected chi connectivity index (χ0v) is 8.40. The third kappa shape index (κ3) is 2.71. The van der Waals surface area contributed by atoms with Gasteiger partial charge in [-0.15, -0.1) is 6.58 Å². The Balaban J connectivity index is 2.67. The van der Waals surface area contributed by atoms with E-state index in [9.17, 15) is 0 Å². The molecule has 1 nitrogen and oxygen atoms in total. The summed E-state index contributed by atoms with van der Waals surface area (Å²) in [5, 5.41) is 0. The topological polar surface area (TPSA) is 3.24 Å². The largest absolute Gasteiger partial charge is 0.296 e. The molecule has 1 heteroatoms. The second-order valence-electron chi connectivity index (χ2n) is 3.31. The molecule has 1 aromatic carbocycles. The van der Waals surface area contributed by atoms with E-state index >= 15 is 0 Å². The third-order valence-electron chi connectivity index (χ3n) is 2.36. The number of benzene rings is 1. The second kappa shape index (κ2) is 4.83. The van der Waals surface area contributed by atoms with Gasteiger partial charge in [-0.25, -0.2) is 0 Å². The van der Waals surface area contributed by atoms with Gasteiger partial charge in [-0.1, -0.05) is 36.4 Å². The molecule has 0 radical (unpaired) electrons. The lowest BCUT2D eigenvalue weighted by atomic mass is 10.1. The van der Waals surface area contributed by atoms with Crippen molar-refractivity contribution in [3.05, 3.63) is 48.6 Å². The van der Waals surface area contributed by atoms with Crippen molar-refractivity contribution in [2.75, 3.05) is 13.6 Å². The van der Waals surface area contributed by atoms with Gasteiger partial charge in [-0.05, 0) is 19.5 Å². The fourth-order valence-electron chi connectivity index (χ4n) is 1.35. The van der Waals surface area contributed by atoms with Gasteiger partial charge in [0.05, 0.1) is 0 Å². The van der Waals surface area contributed by atoms with Gasteiger partial charge in [0.2, 0.25) is 0 Å². The molecule has 13 heavy (non-hydrogen) atoms. The molecular weight excluding hydrogens is 158 g/mol. The Morgan fingerprint density at radius 1 is 1.38 bits per heavy atom. The van der Waals surface area contributed by atoms with E-state index in [0.717, 1.165) is 6.54 Å². The van der Waals surface area contributed by atoms with Gasteiger partial charge in [0.15, 0.2) is 0 Å². The summed E-state index contributed by atoms with van der Waals surface area (Å²) in [6.45, 7) is 6.87. The molecule has 0 saturated carbocycles. The van der Waals surface area contributed by atoms with Gasteiger partial charge in [0.25, 0.3) is 0 Å². The molecule has 0 amide bonds. The zero-order chi connectivity index (χ0) is 9.68. The predicted molar refractivity (Wildman–Crippen MR) is 57.7 cm³/mol. The molecule has 0 aromatic heterocycles. The van der Waals surface area contributed by atoms with Crippen LogP contribution in [0.15, 0.2) is 43.0 Å². The number of likely N-dealkylation sites (N-methyl/N-ethyl adjacent to an activating group) is 1. The van der Waals surface area contributed by atoms with Crippen LogP contribution in [0, 0.1) is 0 Å². The van der Waals surface area contributed by atoms with E-state index < -0.39 is 0 Å². The van der Waals surface area contributed by atoms with Crippen molar-refractivity contribution in [3.63, 3.8) is 0 Å². The smallest absolute Gasteiger partial charge is 0.0320 e. The van der Waals surface area contributed by atoms with E-state index in [0.29, 0.717) is 6.04 Å². The number of rotatable bonds is 4. The highest BCUT2D eigenvalue weighted by Crippen LogP contribution is 2.17. The maximum absolute atomic E-state index is 3.74. The normalized spacial score (nSPS) is 12.8. The monoisotopic (exact) mass is 175 g/mol. The SMILES string of the molecule is C=CCN(C)[C@@H](C)c1ccccc1.